The van der Waals surface area contributed by atoms with Crippen LogP contribution < -0.4 is 4.74 Å². The average Bonchev–Trinajstić information content (AvgIpc) is 2.06. The van der Waals surface area contributed by atoms with Gasteiger partial charge in [0.1, 0.15) is 11.4 Å². The molecule has 0 atom stereocenters. The van der Waals surface area contributed by atoms with Crippen LogP contribution in [0.5, 0.6) is 5.75 Å². The summed E-state index contributed by atoms with van der Waals surface area (Å²) in [5.74, 6) is 0.984. The molecular weight excluding hydrogens is 160 g/mol. The second-order valence-electron chi connectivity index (χ2n) is 3.98. The van der Waals surface area contributed by atoms with Gasteiger partial charge in [0.05, 0.1) is 0 Å². The van der Waals surface area contributed by atoms with Crippen molar-refractivity contribution in [3.63, 3.8) is 0 Å². The Kier molecular flexibility index (Phi) is 1.69. The maximum atomic E-state index is 5.86. The van der Waals surface area contributed by atoms with Crippen LogP contribution in [0.3, 0.4) is 0 Å². The summed E-state index contributed by atoms with van der Waals surface area (Å²) in [6, 6.07) is 8.13. The molecule has 1 aliphatic rings. The van der Waals surface area contributed by atoms with Crippen molar-refractivity contribution in [2.24, 2.45) is 0 Å². The summed E-state index contributed by atoms with van der Waals surface area (Å²) < 4.78 is 5.86. The fraction of sp³-hybridized carbons (Fsp3) is 0.333. The first-order chi connectivity index (χ1) is 6.09. The fourth-order valence-electron chi connectivity index (χ4n) is 1.46. The van der Waals surface area contributed by atoms with Crippen molar-refractivity contribution < 1.29 is 4.74 Å². The molecule has 0 radical (unpaired) electrons. The number of hydrogen-bond donors (Lipinski definition) is 0. The normalized spacial score (nSPS) is 18.5. The van der Waals surface area contributed by atoms with Crippen LogP contribution in [0.1, 0.15) is 26.3 Å². The highest BCUT2D eigenvalue weighted by molar-refractivity contribution is 5.63. The molecule has 1 nitrogen and oxygen atoms in total. The molecule has 2 rings (SSSR count). The lowest BCUT2D eigenvalue weighted by Gasteiger charge is -2.32. The molecule has 0 saturated carbocycles. The van der Waals surface area contributed by atoms with E-state index < -0.39 is 0 Å². The van der Waals surface area contributed by atoms with Crippen molar-refractivity contribution in [3.05, 3.63) is 35.4 Å². The maximum Gasteiger partial charge on any atom is 0.127 e. The Morgan fingerprint density at radius 3 is 2.62 bits per heavy atom. The molecule has 0 aromatic heterocycles. The zero-order chi connectivity index (χ0) is 9.47. The van der Waals surface area contributed by atoms with E-state index >= 15 is 0 Å². The molecule has 1 aliphatic heterocycles. The van der Waals surface area contributed by atoms with E-state index in [4.69, 9.17) is 4.74 Å². The number of hydrogen-bond acceptors (Lipinski definition) is 1. The molecule has 1 aromatic rings. The highest BCUT2D eigenvalue weighted by Crippen LogP contribution is 2.34. The second kappa shape index (κ2) is 2.63. The zero-order valence-corrected chi connectivity index (χ0v) is 8.29. The monoisotopic (exact) mass is 174 g/mol. The number of rotatable bonds is 0. The minimum Gasteiger partial charge on any atom is -0.483 e. The Balaban J connectivity index is 2.53. The van der Waals surface area contributed by atoms with Gasteiger partial charge in [0.25, 0.3) is 0 Å². The molecule has 13 heavy (non-hydrogen) atoms. The van der Waals surface area contributed by atoms with Crippen LogP contribution in [-0.2, 0) is 0 Å². The summed E-state index contributed by atoms with van der Waals surface area (Å²) in [6.45, 7) is 6.29. The summed E-state index contributed by atoms with van der Waals surface area (Å²) in [6.07, 6.45) is 2.19. The van der Waals surface area contributed by atoms with Gasteiger partial charge >= 0.3 is 0 Å². The summed E-state index contributed by atoms with van der Waals surface area (Å²) in [4.78, 5) is 0. The Bertz CT molecular complexity index is 361. The summed E-state index contributed by atoms with van der Waals surface area (Å²) >= 11 is 0. The van der Waals surface area contributed by atoms with Gasteiger partial charge < -0.3 is 4.74 Å². The molecular formula is C12H14O. The third kappa shape index (κ3) is 1.35. The molecule has 0 aliphatic carbocycles. The van der Waals surface area contributed by atoms with Gasteiger partial charge in [0.15, 0.2) is 0 Å². The average molecular weight is 174 g/mol. The largest absolute Gasteiger partial charge is 0.483 e. The molecule has 1 heterocycles. The van der Waals surface area contributed by atoms with Gasteiger partial charge in [-0.3, -0.25) is 0 Å². The standard InChI is InChI=1S/C12H14O/c1-9-8-10-6-4-5-7-11(10)13-12(9,2)3/h4-8H,1-3H3. The molecule has 0 unspecified atom stereocenters. The smallest absolute Gasteiger partial charge is 0.127 e. The molecule has 0 N–H and O–H groups in total. The quantitative estimate of drug-likeness (QED) is 0.586. The van der Waals surface area contributed by atoms with E-state index in [0.29, 0.717) is 0 Å². The van der Waals surface area contributed by atoms with E-state index in [-0.39, 0.29) is 5.60 Å². The first-order valence-electron chi connectivity index (χ1n) is 4.56. The number of benzene rings is 1. The van der Waals surface area contributed by atoms with E-state index in [1.165, 1.54) is 11.1 Å². The Hall–Kier alpha value is -1.24. The van der Waals surface area contributed by atoms with Crippen molar-refractivity contribution in [2.75, 3.05) is 0 Å². The van der Waals surface area contributed by atoms with Crippen LogP contribution in [-0.4, -0.2) is 5.60 Å². The maximum absolute atomic E-state index is 5.86. The molecule has 0 saturated heterocycles. The molecule has 0 fully saturated rings. The molecule has 68 valence electrons. The Morgan fingerprint density at radius 2 is 1.85 bits per heavy atom. The van der Waals surface area contributed by atoms with Gasteiger partial charge in [0, 0.05) is 5.56 Å². The van der Waals surface area contributed by atoms with E-state index in [0.717, 1.165) is 5.75 Å². The van der Waals surface area contributed by atoms with E-state index in [1.54, 1.807) is 0 Å². The predicted molar refractivity (Wildman–Crippen MR) is 54.8 cm³/mol. The van der Waals surface area contributed by atoms with Crippen LogP contribution >= 0.6 is 0 Å². The van der Waals surface area contributed by atoms with Crippen molar-refractivity contribution in [1.82, 2.24) is 0 Å². The first-order valence-corrected chi connectivity index (χ1v) is 4.56. The van der Waals surface area contributed by atoms with Gasteiger partial charge in [-0.2, -0.15) is 0 Å². The SMILES string of the molecule is CC1=Cc2ccccc2OC1(C)C. The van der Waals surface area contributed by atoms with E-state index in [9.17, 15) is 0 Å². The zero-order valence-electron chi connectivity index (χ0n) is 8.29. The minimum atomic E-state index is -0.158. The highest BCUT2D eigenvalue weighted by atomic mass is 16.5. The minimum absolute atomic E-state index is 0.158. The van der Waals surface area contributed by atoms with Crippen LogP contribution in [0, 0.1) is 0 Å². The summed E-state index contributed by atoms with van der Waals surface area (Å²) in [5, 5.41) is 0. The molecule has 0 spiro atoms. The Labute approximate surface area is 79.0 Å². The lowest BCUT2D eigenvalue weighted by molar-refractivity contribution is 0.145. The van der Waals surface area contributed by atoms with Crippen LogP contribution in [0.4, 0.5) is 0 Å². The van der Waals surface area contributed by atoms with E-state index in [2.05, 4.69) is 32.9 Å². The van der Waals surface area contributed by atoms with Crippen LogP contribution in [0.2, 0.25) is 0 Å². The summed E-state index contributed by atoms with van der Waals surface area (Å²) in [5.41, 5.74) is 2.29. The molecule has 1 aromatic carbocycles. The van der Waals surface area contributed by atoms with Crippen molar-refractivity contribution >= 4 is 6.08 Å². The molecule has 0 amide bonds. The third-order valence-corrected chi connectivity index (χ3v) is 2.61. The number of para-hydroxylation sites is 1. The highest BCUT2D eigenvalue weighted by Gasteiger charge is 2.26. The summed E-state index contributed by atoms with van der Waals surface area (Å²) in [7, 11) is 0. The first kappa shape index (κ1) is 8.36. The number of fused-ring (bicyclic) bond motifs is 1. The van der Waals surface area contributed by atoms with Gasteiger partial charge in [-0.15, -0.1) is 0 Å². The van der Waals surface area contributed by atoms with Crippen molar-refractivity contribution in [2.45, 2.75) is 26.4 Å². The molecule has 1 heteroatoms. The third-order valence-electron chi connectivity index (χ3n) is 2.61. The fourth-order valence-corrected chi connectivity index (χ4v) is 1.46. The second-order valence-corrected chi connectivity index (χ2v) is 3.98. The van der Waals surface area contributed by atoms with Crippen molar-refractivity contribution in [3.8, 4) is 5.75 Å². The predicted octanol–water partition coefficient (Wildman–Crippen LogP) is 3.26. The lowest BCUT2D eigenvalue weighted by atomic mass is 9.94. The van der Waals surface area contributed by atoms with Gasteiger partial charge in [-0.05, 0) is 38.5 Å². The topological polar surface area (TPSA) is 9.23 Å². The van der Waals surface area contributed by atoms with Gasteiger partial charge in [-0.1, -0.05) is 18.2 Å². The van der Waals surface area contributed by atoms with Crippen LogP contribution in [0.15, 0.2) is 29.8 Å². The van der Waals surface area contributed by atoms with Gasteiger partial charge in [-0.25, -0.2) is 0 Å². The Morgan fingerprint density at radius 1 is 1.15 bits per heavy atom. The molecule has 0 bridgehead atoms. The van der Waals surface area contributed by atoms with Crippen molar-refractivity contribution in [1.29, 1.82) is 0 Å². The van der Waals surface area contributed by atoms with E-state index in [1.807, 2.05) is 18.2 Å². The van der Waals surface area contributed by atoms with Crippen LogP contribution in [0.25, 0.3) is 6.08 Å². The lowest BCUT2D eigenvalue weighted by Crippen LogP contribution is -2.31. The van der Waals surface area contributed by atoms with Gasteiger partial charge in [0.2, 0.25) is 0 Å². The number of ether oxygens (including phenoxy) is 1.